The number of carbonyl (C=O) groups is 4. The number of fused-ring (bicyclic) bond motifs is 4. The van der Waals surface area contributed by atoms with Crippen molar-refractivity contribution >= 4 is 41.1 Å². The van der Waals surface area contributed by atoms with Crippen molar-refractivity contribution in [2.24, 2.45) is 11.8 Å². The minimum atomic E-state index is -2.69. The smallest absolute Gasteiger partial charge is 0.425 e. The first-order valence-corrected chi connectivity index (χ1v) is 20.4. The van der Waals surface area contributed by atoms with E-state index in [-0.39, 0.29) is 71.8 Å². The van der Waals surface area contributed by atoms with Gasteiger partial charge in [0.1, 0.15) is 41.6 Å². The van der Waals surface area contributed by atoms with Crippen LogP contribution in [0.3, 0.4) is 0 Å². The van der Waals surface area contributed by atoms with Gasteiger partial charge < -0.3 is 38.6 Å². The summed E-state index contributed by atoms with van der Waals surface area (Å²) in [5.74, 6) is -4.79. The number of anilines is 2. The van der Waals surface area contributed by atoms with E-state index in [9.17, 15) is 24.6 Å². The van der Waals surface area contributed by atoms with Gasteiger partial charge in [-0.2, -0.15) is 4.90 Å². The molecule has 0 unspecified atom stereocenters. The first-order chi connectivity index (χ1) is 29.1. The van der Waals surface area contributed by atoms with Crippen LogP contribution in [0.4, 0.5) is 21.2 Å². The molecule has 1 saturated carbocycles. The van der Waals surface area contributed by atoms with Crippen LogP contribution in [0.5, 0.6) is 11.6 Å². The molecule has 16 heteroatoms. The maximum absolute atomic E-state index is 15.2. The summed E-state index contributed by atoms with van der Waals surface area (Å²) in [5.41, 5.74) is -3.39. The van der Waals surface area contributed by atoms with Gasteiger partial charge >= 0.3 is 12.2 Å². The van der Waals surface area contributed by atoms with Crippen molar-refractivity contribution in [2.45, 2.75) is 90.4 Å². The highest BCUT2D eigenvalue weighted by atomic mass is 16.6. The molecule has 1 fully saturated rings. The van der Waals surface area contributed by atoms with E-state index >= 15 is 4.79 Å². The van der Waals surface area contributed by atoms with E-state index in [4.69, 9.17) is 28.5 Å². The Labute approximate surface area is 360 Å². The molecule has 62 heavy (non-hydrogen) atoms. The van der Waals surface area contributed by atoms with Gasteiger partial charge in [0.15, 0.2) is 22.9 Å². The summed E-state index contributed by atoms with van der Waals surface area (Å²) in [7, 11) is 6.89. The third-order valence-electron chi connectivity index (χ3n) is 10.9. The molecule has 7 rings (SSSR count). The van der Waals surface area contributed by atoms with Crippen LogP contribution in [0, 0.1) is 11.8 Å². The third-order valence-corrected chi connectivity index (χ3v) is 10.9. The molecule has 0 spiro atoms. The van der Waals surface area contributed by atoms with Crippen molar-refractivity contribution in [2.75, 3.05) is 38.0 Å². The number of hydrogen-bond donors (Lipinski definition) is 2. The molecule has 2 aromatic carbocycles. The first-order valence-electron chi connectivity index (χ1n) is 20.4. The maximum atomic E-state index is 15.2. The van der Waals surface area contributed by atoms with E-state index in [0.29, 0.717) is 16.0 Å². The van der Waals surface area contributed by atoms with Gasteiger partial charge in [0, 0.05) is 31.1 Å². The molecule has 2 N–H and O–H groups in total. The molecule has 4 atom stereocenters. The Kier molecular flexibility index (Phi) is 11.5. The topological polar surface area (TPSA) is 194 Å². The van der Waals surface area contributed by atoms with Gasteiger partial charge in [-0.1, -0.05) is 60.7 Å². The molecule has 0 aliphatic heterocycles. The number of rotatable bonds is 9. The minimum absolute atomic E-state index is 0.0280. The monoisotopic (exact) mass is 851 g/mol. The molecule has 2 heterocycles. The van der Waals surface area contributed by atoms with Crippen LogP contribution in [0.2, 0.25) is 0 Å². The second kappa shape index (κ2) is 16.2. The van der Waals surface area contributed by atoms with Crippen molar-refractivity contribution in [3.8, 4) is 11.6 Å². The molecule has 2 amide bonds. The van der Waals surface area contributed by atoms with Gasteiger partial charge in [0.2, 0.25) is 11.6 Å². The third kappa shape index (κ3) is 7.99. The fraction of sp³-hybridized carbons (Fsp3) is 0.435. The van der Waals surface area contributed by atoms with Crippen LogP contribution < -0.4 is 19.3 Å². The Morgan fingerprint density at radius 2 is 1.35 bits per heavy atom. The molecule has 16 nitrogen and oxygen atoms in total. The highest BCUT2D eigenvalue weighted by molar-refractivity contribution is 6.26. The SMILES string of the molecule is CN(C)c1nc(N(C(=O)OC(C)(C)C)C(=O)OC(C)(C)C)c(OCc2ccccc2)c2c1C[C@H]1C[C@H]3[C@H](N(C)C)c4onc(OCc5ccccc5)c4C(=O)[C@@]3(O)C(=O)C1=C2O. The zero-order valence-electron chi connectivity index (χ0n) is 36.6. The summed E-state index contributed by atoms with van der Waals surface area (Å²) in [6, 6.07) is 17.4. The van der Waals surface area contributed by atoms with Crippen LogP contribution in [0.25, 0.3) is 5.76 Å². The standard InChI is InChI=1S/C46H53N5O11/c1-44(2,3)60-42(55)51(43(56)61-45(4,5)6)40-36(58-23-25-17-13-11-14-18-25)31-28(39(47-40)50(9)10)21-27-22-29-33(49(7)8)35-32(38(54)46(29,57)37(53)30(27)34(31)52)41(48-62-35)59-24-26-19-15-12-16-20-26/h11-20,27,29,33,52,57H,21-24H2,1-10H3/t27-,29-,33-,46-/m0/s1. The number of pyridine rings is 1. The van der Waals surface area contributed by atoms with E-state index in [1.165, 1.54) is 0 Å². The lowest BCUT2D eigenvalue weighted by Crippen LogP contribution is -2.63. The number of aliphatic hydroxyl groups is 2. The fourth-order valence-corrected chi connectivity index (χ4v) is 8.41. The van der Waals surface area contributed by atoms with E-state index in [1.807, 2.05) is 36.4 Å². The predicted octanol–water partition coefficient (Wildman–Crippen LogP) is 7.23. The number of ketones is 2. The van der Waals surface area contributed by atoms with Crippen molar-refractivity contribution in [3.63, 3.8) is 0 Å². The Bertz CT molecular complexity index is 2400. The van der Waals surface area contributed by atoms with Crippen LogP contribution >= 0.6 is 0 Å². The van der Waals surface area contributed by atoms with Crippen LogP contribution in [0.1, 0.15) is 92.4 Å². The summed E-state index contributed by atoms with van der Waals surface area (Å²) in [6.07, 6.45) is -2.15. The molecule has 0 bridgehead atoms. The second-order valence-corrected chi connectivity index (χ2v) is 18.2. The average Bonchev–Trinajstić information content (AvgIpc) is 3.60. The van der Waals surface area contributed by atoms with Gasteiger partial charge in [-0.15, -0.1) is 0 Å². The fourth-order valence-electron chi connectivity index (χ4n) is 8.41. The Morgan fingerprint density at radius 1 is 0.806 bits per heavy atom. The molecule has 328 valence electrons. The summed E-state index contributed by atoms with van der Waals surface area (Å²) < 4.78 is 29.7. The van der Waals surface area contributed by atoms with Crippen LogP contribution in [-0.4, -0.2) is 94.0 Å². The zero-order chi connectivity index (χ0) is 45.1. The molecule has 3 aliphatic carbocycles. The molecule has 0 saturated heterocycles. The maximum Gasteiger partial charge on any atom is 0.425 e. The lowest BCUT2D eigenvalue weighted by atomic mass is 9.57. The molecule has 2 aromatic heterocycles. The number of carbonyl (C=O) groups excluding carboxylic acids is 4. The lowest BCUT2D eigenvalue weighted by molar-refractivity contribution is -0.142. The van der Waals surface area contributed by atoms with E-state index in [0.717, 1.165) is 5.56 Å². The normalized spacial score (nSPS) is 20.7. The molecule has 4 aromatic rings. The minimum Gasteiger partial charge on any atom is -0.507 e. The molecule has 3 aliphatic rings. The summed E-state index contributed by atoms with van der Waals surface area (Å²) in [4.78, 5) is 67.1. The van der Waals surface area contributed by atoms with Crippen LogP contribution in [0.15, 0.2) is 70.8 Å². The van der Waals surface area contributed by atoms with Gasteiger partial charge in [0.25, 0.3) is 5.88 Å². The first kappa shape index (κ1) is 43.8. The zero-order valence-corrected chi connectivity index (χ0v) is 36.6. The van der Waals surface area contributed by atoms with E-state index in [1.54, 1.807) is 104 Å². The van der Waals surface area contributed by atoms with Crippen LogP contribution in [-0.2, 0) is 33.9 Å². The number of benzene rings is 2. The highest BCUT2D eigenvalue weighted by Gasteiger charge is 2.65. The van der Waals surface area contributed by atoms with E-state index < -0.39 is 64.2 Å². The number of hydrogen-bond acceptors (Lipinski definition) is 15. The molecular weight excluding hydrogens is 799 g/mol. The van der Waals surface area contributed by atoms with Gasteiger partial charge in [-0.05, 0) is 90.7 Å². The van der Waals surface area contributed by atoms with Crippen molar-refractivity contribution in [1.82, 2.24) is 15.0 Å². The van der Waals surface area contributed by atoms with Crippen molar-refractivity contribution < 1.29 is 52.9 Å². The second-order valence-electron chi connectivity index (χ2n) is 18.2. The lowest BCUT2D eigenvalue weighted by Gasteiger charge is -2.49. The number of Topliss-reactive ketones (excluding diaryl/α,β-unsaturated/α-hetero) is 2. The van der Waals surface area contributed by atoms with Gasteiger partial charge in [-0.3, -0.25) is 14.5 Å². The highest BCUT2D eigenvalue weighted by Crippen LogP contribution is 2.57. The molecule has 0 radical (unpaired) electrons. The summed E-state index contributed by atoms with van der Waals surface area (Å²) >= 11 is 0. The van der Waals surface area contributed by atoms with E-state index in [2.05, 4.69) is 5.16 Å². The largest absolute Gasteiger partial charge is 0.507 e. The predicted molar refractivity (Wildman–Crippen MR) is 227 cm³/mol. The number of aliphatic hydroxyl groups excluding tert-OH is 1. The Morgan fingerprint density at radius 3 is 1.87 bits per heavy atom. The molecular formula is C46H53N5O11. The average molecular weight is 852 g/mol. The number of imide groups is 1. The van der Waals surface area contributed by atoms with Gasteiger partial charge in [0.05, 0.1) is 11.6 Å². The summed E-state index contributed by atoms with van der Waals surface area (Å²) in [6.45, 7) is 9.70. The van der Waals surface area contributed by atoms with Crippen molar-refractivity contribution in [3.05, 3.63) is 99.8 Å². The summed E-state index contributed by atoms with van der Waals surface area (Å²) in [5, 5.41) is 29.5. The number of nitrogens with zero attached hydrogens (tertiary/aromatic N) is 5. The quantitative estimate of drug-likeness (QED) is 0.160. The van der Waals surface area contributed by atoms with Gasteiger partial charge in [-0.25, -0.2) is 14.6 Å². The number of aromatic nitrogens is 2. The Hall–Kier alpha value is -6.26. The number of ether oxygens (including phenoxy) is 4. The Balaban J connectivity index is 1.42. The number of amides is 2. The van der Waals surface area contributed by atoms with Crippen molar-refractivity contribution in [1.29, 1.82) is 0 Å².